The summed E-state index contributed by atoms with van der Waals surface area (Å²) in [6, 6.07) is 3.75. The number of methoxy groups -OCH3 is 3. The Morgan fingerprint density at radius 1 is 1.15 bits per heavy atom. The number of nitrogens with one attached hydrogen (secondary N) is 1. The van der Waals surface area contributed by atoms with E-state index in [9.17, 15) is 0 Å². The normalized spacial score (nSPS) is 18.1. The maximum Gasteiger partial charge on any atom is 0.130 e. The van der Waals surface area contributed by atoms with Gasteiger partial charge in [-0.2, -0.15) is 0 Å². The topological polar surface area (TPSA) is 49.0 Å². The zero-order valence-electron chi connectivity index (χ0n) is 12.4. The van der Waals surface area contributed by atoms with E-state index in [2.05, 4.69) is 5.32 Å². The molecule has 1 heterocycles. The van der Waals surface area contributed by atoms with Crippen LogP contribution in [0.3, 0.4) is 0 Å². The van der Waals surface area contributed by atoms with E-state index in [1.165, 1.54) is 0 Å². The predicted octanol–water partition coefficient (Wildman–Crippen LogP) is 1.84. The van der Waals surface area contributed by atoms with E-state index < -0.39 is 0 Å². The van der Waals surface area contributed by atoms with Crippen molar-refractivity contribution in [2.24, 2.45) is 5.92 Å². The molecule has 1 fully saturated rings. The van der Waals surface area contributed by atoms with Gasteiger partial charge in [-0.3, -0.25) is 0 Å². The molecule has 0 spiro atoms. The molecule has 1 atom stereocenters. The molecule has 0 radical (unpaired) electrons. The Bertz CT molecular complexity index is 405. The first-order valence-corrected chi connectivity index (χ1v) is 6.85. The van der Waals surface area contributed by atoms with E-state index in [4.69, 9.17) is 18.9 Å². The predicted molar refractivity (Wildman–Crippen MR) is 76.7 cm³/mol. The van der Waals surface area contributed by atoms with Crippen LogP contribution in [0.25, 0.3) is 0 Å². The van der Waals surface area contributed by atoms with Gasteiger partial charge in [0.15, 0.2) is 0 Å². The van der Waals surface area contributed by atoms with Gasteiger partial charge in [0.05, 0.1) is 33.5 Å². The molecule has 5 nitrogen and oxygen atoms in total. The van der Waals surface area contributed by atoms with Gasteiger partial charge in [-0.25, -0.2) is 0 Å². The van der Waals surface area contributed by atoms with Crippen LogP contribution in [0.5, 0.6) is 17.2 Å². The van der Waals surface area contributed by atoms with Gasteiger partial charge in [0.2, 0.25) is 0 Å². The average molecular weight is 281 g/mol. The monoisotopic (exact) mass is 281 g/mol. The van der Waals surface area contributed by atoms with Gasteiger partial charge in [-0.15, -0.1) is 0 Å². The van der Waals surface area contributed by atoms with Crippen molar-refractivity contribution in [3.8, 4) is 17.2 Å². The van der Waals surface area contributed by atoms with Crippen molar-refractivity contribution in [3.05, 3.63) is 17.7 Å². The summed E-state index contributed by atoms with van der Waals surface area (Å²) < 4.78 is 21.5. The standard InChI is InChI=1S/C15H23NO4/c1-17-12-6-14(18-2)13(15(7-12)19-3)9-16-8-11-4-5-20-10-11/h6-7,11,16H,4-5,8-10H2,1-3H3. The minimum atomic E-state index is 0.602. The molecule has 1 aliphatic heterocycles. The summed E-state index contributed by atoms with van der Waals surface area (Å²) in [6.45, 7) is 3.37. The first-order chi connectivity index (χ1) is 9.78. The Morgan fingerprint density at radius 2 is 1.85 bits per heavy atom. The minimum Gasteiger partial charge on any atom is -0.496 e. The zero-order chi connectivity index (χ0) is 14.4. The van der Waals surface area contributed by atoms with Crippen LogP contribution in [0, 0.1) is 5.92 Å². The van der Waals surface area contributed by atoms with Gasteiger partial charge in [0.25, 0.3) is 0 Å². The third-order valence-corrected chi connectivity index (χ3v) is 3.58. The summed E-state index contributed by atoms with van der Waals surface area (Å²) in [7, 11) is 4.94. The lowest BCUT2D eigenvalue weighted by Crippen LogP contribution is -2.23. The lowest BCUT2D eigenvalue weighted by atomic mass is 10.1. The fourth-order valence-corrected chi connectivity index (χ4v) is 2.40. The Morgan fingerprint density at radius 3 is 2.35 bits per heavy atom. The summed E-state index contributed by atoms with van der Waals surface area (Å²) in [6.07, 6.45) is 1.13. The quantitative estimate of drug-likeness (QED) is 0.826. The lowest BCUT2D eigenvalue weighted by molar-refractivity contribution is 0.185. The second kappa shape index (κ2) is 7.36. The fourth-order valence-electron chi connectivity index (χ4n) is 2.40. The number of hydrogen-bond donors (Lipinski definition) is 1. The molecular formula is C15H23NO4. The van der Waals surface area contributed by atoms with Crippen molar-refractivity contribution in [1.29, 1.82) is 0 Å². The summed E-state index contributed by atoms with van der Waals surface area (Å²) >= 11 is 0. The van der Waals surface area contributed by atoms with Crippen LogP contribution >= 0.6 is 0 Å². The largest absolute Gasteiger partial charge is 0.496 e. The molecule has 5 heteroatoms. The highest BCUT2D eigenvalue weighted by atomic mass is 16.5. The molecular weight excluding hydrogens is 258 g/mol. The Labute approximate surface area is 120 Å². The summed E-state index contributed by atoms with van der Waals surface area (Å²) in [4.78, 5) is 0. The SMILES string of the molecule is COc1cc(OC)c(CNCC2CCOC2)c(OC)c1. The summed E-state index contributed by atoms with van der Waals surface area (Å²) in [5.74, 6) is 2.88. The number of rotatable bonds is 7. The molecule has 0 aliphatic carbocycles. The molecule has 112 valence electrons. The molecule has 1 unspecified atom stereocenters. The van der Waals surface area contributed by atoms with Crippen molar-refractivity contribution >= 4 is 0 Å². The van der Waals surface area contributed by atoms with Crippen molar-refractivity contribution in [3.63, 3.8) is 0 Å². The smallest absolute Gasteiger partial charge is 0.130 e. The van der Waals surface area contributed by atoms with Crippen molar-refractivity contribution in [2.45, 2.75) is 13.0 Å². The van der Waals surface area contributed by atoms with E-state index >= 15 is 0 Å². The molecule has 0 amide bonds. The maximum absolute atomic E-state index is 5.43. The first-order valence-electron chi connectivity index (χ1n) is 6.85. The molecule has 20 heavy (non-hydrogen) atoms. The molecule has 1 aliphatic rings. The maximum atomic E-state index is 5.43. The van der Waals surface area contributed by atoms with E-state index in [0.29, 0.717) is 12.5 Å². The van der Waals surface area contributed by atoms with Crippen molar-refractivity contribution in [2.75, 3.05) is 41.1 Å². The average Bonchev–Trinajstić information content (AvgIpc) is 3.00. The van der Waals surface area contributed by atoms with Gasteiger partial charge in [-0.1, -0.05) is 0 Å². The Kier molecular flexibility index (Phi) is 5.49. The highest BCUT2D eigenvalue weighted by Gasteiger charge is 2.17. The van der Waals surface area contributed by atoms with Crippen LogP contribution in [0.2, 0.25) is 0 Å². The van der Waals surface area contributed by atoms with Gasteiger partial charge in [-0.05, 0) is 12.3 Å². The second-order valence-electron chi connectivity index (χ2n) is 4.87. The van der Waals surface area contributed by atoms with E-state index in [0.717, 1.165) is 49.0 Å². The molecule has 1 aromatic carbocycles. The van der Waals surface area contributed by atoms with Crippen LogP contribution in [0.4, 0.5) is 0 Å². The van der Waals surface area contributed by atoms with Gasteiger partial charge < -0.3 is 24.3 Å². The number of benzene rings is 1. The summed E-state index contributed by atoms with van der Waals surface area (Å²) in [5, 5.41) is 3.45. The lowest BCUT2D eigenvalue weighted by Gasteiger charge is -2.16. The van der Waals surface area contributed by atoms with Crippen LogP contribution in [-0.2, 0) is 11.3 Å². The molecule has 1 N–H and O–H groups in total. The highest BCUT2D eigenvalue weighted by Crippen LogP contribution is 2.33. The van der Waals surface area contributed by atoms with Crippen LogP contribution in [0.1, 0.15) is 12.0 Å². The molecule has 1 saturated heterocycles. The molecule has 0 bridgehead atoms. The highest BCUT2D eigenvalue weighted by molar-refractivity contribution is 5.50. The third kappa shape index (κ3) is 3.55. The molecule has 0 saturated carbocycles. The number of ether oxygens (including phenoxy) is 4. The minimum absolute atomic E-state index is 0.602. The first kappa shape index (κ1) is 14.9. The van der Waals surface area contributed by atoms with Gasteiger partial charge in [0.1, 0.15) is 17.2 Å². The fraction of sp³-hybridized carbons (Fsp3) is 0.600. The van der Waals surface area contributed by atoms with Gasteiger partial charge in [0, 0.05) is 31.8 Å². The van der Waals surface area contributed by atoms with Crippen LogP contribution < -0.4 is 19.5 Å². The van der Waals surface area contributed by atoms with E-state index in [-0.39, 0.29) is 0 Å². The molecule has 1 aromatic rings. The second-order valence-corrected chi connectivity index (χ2v) is 4.87. The number of hydrogen-bond acceptors (Lipinski definition) is 5. The Hall–Kier alpha value is -1.46. The summed E-state index contributed by atoms with van der Waals surface area (Å²) in [5.41, 5.74) is 1.01. The molecule has 0 aromatic heterocycles. The zero-order valence-corrected chi connectivity index (χ0v) is 12.4. The van der Waals surface area contributed by atoms with Crippen LogP contribution in [0.15, 0.2) is 12.1 Å². The third-order valence-electron chi connectivity index (χ3n) is 3.58. The Balaban J connectivity index is 2.04. The van der Waals surface area contributed by atoms with E-state index in [1.54, 1.807) is 21.3 Å². The van der Waals surface area contributed by atoms with Crippen molar-refractivity contribution in [1.82, 2.24) is 5.32 Å². The van der Waals surface area contributed by atoms with Gasteiger partial charge >= 0.3 is 0 Å². The van der Waals surface area contributed by atoms with Crippen molar-refractivity contribution < 1.29 is 18.9 Å². The molecule has 2 rings (SSSR count). The van der Waals surface area contributed by atoms with Crippen LogP contribution in [-0.4, -0.2) is 41.1 Å². The van der Waals surface area contributed by atoms with E-state index in [1.807, 2.05) is 12.1 Å².